The van der Waals surface area contributed by atoms with Crippen LogP contribution in [0, 0.1) is 29.5 Å². The van der Waals surface area contributed by atoms with E-state index in [4.69, 9.17) is 0 Å². The number of hydrogen-bond donors (Lipinski definition) is 0. The molecule has 3 aromatic carbocycles. The Labute approximate surface area is 162 Å². The first-order chi connectivity index (χ1) is 13.1. The van der Waals surface area contributed by atoms with E-state index in [0.29, 0.717) is 11.1 Å². The van der Waals surface area contributed by atoms with E-state index in [9.17, 15) is 9.18 Å². The zero-order valence-electron chi connectivity index (χ0n) is 14.6. The fourth-order valence-corrected chi connectivity index (χ4v) is 2.88. The molecule has 0 N–H and O–H groups in total. The molecule has 0 unspecified atom stereocenters. The molecule has 1 nitrogen and oxygen atoms in total. The van der Waals surface area contributed by atoms with Crippen molar-refractivity contribution in [3.05, 3.63) is 101 Å². The highest BCUT2D eigenvalue weighted by atomic mass is 32.2. The van der Waals surface area contributed by atoms with Crippen LogP contribution in [-0.2, 0) is 4.79 Å². The number of hydrogen-bond acceptors (Lipinski definition) is 2. The average Bonchev–Trinajstić information content (AvgIpc) is 2.67. The maximum Gasteiger partial charge on any atom is 0.190 e. The predicted octanol–water partition coefficient (Wildman–Crippen LogP) is 5.26. The van der Waals surface area contributed by atoms with Crippen LogP contribution in [0.4, 0.5) is 4.39 Å². The number of carbonyl (C=O) groups excluding carboxylic acids is 1. The molecule has 3 heteroatoms. The van der Waals surface area contributed by atoms with Gasteiger partial charge in [-0.2, -0.15) is 0 Å². The van der Waals surface area contributed by atoms with Crippen LogP contribution in [0.5, 0.6) is 0 Å². The molecule has 130 valence electrons. The largest absolute Gasteiger partial charge is 0.287 e. The topological polar surface area (TPSA) is 17.1 Å². The molecule has 0 saturated carbocycles. The van der Waals surface area contributed by atoms with Crippen LogP contribution in [0.25, 0.3) is 0 Å². The first kappa shape index (κ1) is 18.5. The molecule has 0 saturated heterocycles. The van der Waals surface area contributed by atoms with Crippen molar-refractivity contribution in [1.29, 1.82) is 0 Å². The molecular weight excluding hydrogens is 355 g/mol. The summed E-state index contributed by atoms with van der Waals surface area (Å²) in [6, 6.07) is 21.6. The van der Waals surface area contributed by atoms with Gasteiger partial charge >= 0.3 is 0 Å². The van der Waals surface area contributed by atoms with Gasteiger partial charge in [0, 0.05) is 28.5 Å². The fourth-order valence-electron chi connectivity index (χ4n) is 2.27. The lowest BCUT2D eigenvalue weighted by atomic mass is 10.1. The van der Waals surface area contributed by atoms with E-state index in [1.807, 2.05) is 54.6 Å². The molecule has 3 rings (SSSR count). The predicted molar refractivity (Wildman–Crippen MR) is 108 cm³/mol. The number of benzene rings is 3. The summed E-state index contributed by atoms with van der Waals surface area (Å²) in [6.07, 6.45) is 0. The lowest BCUT2D eigenvalue weighted by molar-refractivity contribution is -0.109. The van der Waals surface area contributed by atoms with Gasteiger partial charge in [-0.3, -0.25) is 4.79 Å². The number of halogens is 1. The second-order valence-electron chi connectivity index (χ2n) is 5.68. The van der Waals surface area contributed by atoms with Crippen LogP contribution in [-0.4, -0.2) is 5.12 Å². The molecule has 0 amide bonds. The highest BCUT2D eigenvalue weighted by Gasteiger charge is 2.00. The van der Waals surface area contributed by atoms with Gasteiger partial charge in [0.05, 0.1) is 5.56 Å². The number of rotatable bonds is 1. The Morgan fingerprint density at radius 1 is 0.778 bits per heavy atom. The smallest absolute Gasteiger partial charge is 0.190 e. The highest BCUT2D eigenvalue weighted by molar-refractivity contribution is 8.13. The SMILES string of the molecule is CC(=O)Sc1ccc(C#Cc2ccc(C#Cc3ccccc3)cc2F)cc1. The third-order valence-electron chi connectivity index (χ3n) is 3.55. The van der Waals surface area contributed by atoms with Gasteiger partial charge in [0.15, 0.2) is 5.12 Å². The van der Waals surface area contributed by atoms with Crippen molar-refractivity contribution in [1.82, 2.24) is 0 Å². The van der Waals surface area contributed by atoms with Gasteiger partial charge in [-0.05, 0) is 54.6 Å². The summed E-state index contributed by atoms with van der Waals surface area (Å²) >= 11 is 1.17. The van der Waals surface area contributed by atoms with Gasteiger partial charge in [-0.25, -0.2) is 4.39 Å². The highest BCUT2D eigenvalue weighted by Crippen LogP contribution is 2.18. The molecular formula is C24H15FOS. The molecule has 0 spiro atoms. The monoisotopic (exact) mass is 370 g/mol. The van der Waals surface area contributed by atoms with Crippen molar-refractivity contribution in [3.8, 4) is 23.7 Å². The van der Waals surface area contributed by atoms with Gasteiger partial charge in [0.2, 0.25) is 0 Å². The van der Waals surface area contributed by atoms with E-state index in [1.165, 1.54) is 24.8 Å². The number of thioether (sulfide) groups is 1. The van der Waals surface area contributed by atoms with Crippen molar-refractivity contribution < 1.29 is 9.18 Å². The van der Waals surface area contributed by atoms with Gasteiger partial charge in [-0.15, -0.1) is 0 Å². The Morgan fingerprint density at radius 2 is 1.37 bits per heavy atom. The second kappa shape index (κ2) is 8.90. The molecule has 0 fully saturated rings. The van der Waals surface area contributed by atoms with Crippen LogP contribution in [0.2, 0.25) is 0 Å². The standard InChI is InChI=1S/C24H15FOS/c1-18(26)27-23-15-11-20(12-16-23)9-13-22-14-10-21(17-24(22)25)8-7-19-5-3-2-4-6-19/h2-6,10-12,14-17H,1H3. The maximum absolute atomic E-state index is 14.3. The van der Waals surface area contributed by atoms with Crippen LogP contribution in [0.15, 0.2) is 77.7 Å². The Morgan fingerprint density at radius 3 is 2.04 bits per heavy atom. The molecule has 27 heavy (non-hydrogen) atoms. The average molecular weight is 370 g/mol. The van der Waals surface area contributed by atoms with Crippen LogP contribution < -0.4 is 0 Å². The lowest BCUT2D eigenvalue weighted by Crippen LogP contribution is -1.86. The summed E-state index contributed by atoms with van der Waals surface area (Å²) in [4.78, 5) is 11.9. The molecule has 0 bridgehead atoms. The summed E-state index contributed by atoms with van der Waals surface area (Å²) in [7, 11) is 0. The van der Waals surface area contributed by atoms with Gasteiger partial charge < -0.3 is 0 Å². The summed E-state index contributed by atoms with van der Waals surface area (Å²) < 4.78 is 14.3. The third-order valence-corrected chi connectivity index (χ3v) is 4.35. The van der Waals surface area contributed by atoms with Crippen molar-refractivity contribution in [3.63, 3.8) is 0 Å². The minimum absolute atomic E-state index is 0.0337. The van der Waals surface area contributed by atoms with Crippen molar-refractivity contribution in [2.24, 2.45) is 0 Å². The van der Waals surface area contributed by atoms with E-state index in [1.54, 1.807) is 12.1 Å². The molecule has 0 aliphatic carbocycles. The van der Waals surface area contributed by atoms with Crippen LogP contribution >= 0.6 is 11.8 Å². The van der Waals surface area contributed by atoms with Crippen molar-refractivity contribution >= 4 is 16.9 Å². The molecule has 0 aliphatic heterocycles. The zero-order valence-corrected chi connectivity index (χ0v) is 15.4. The Balaban J connectivity index is 1.75. The minimum atomic E-state index is -0.397. The Bertz CT molecular complexity index is 1080. The van der Waals surface area contributed by atoms with Crippen LogP contribution in [0.3, 0.4) is 0 Å². The normalized spacial score (nSPS) is 9.56. The zero-order chi connectivity index (χ0) is 19.1. The molecule has 0 radical (unpaired) electrons. The van der Waals surface area contributed by atoms with E-state index >= 15 is 0 Å². The van der Waals surface area contributed by atoms with E-state index in [2.05, 4.69) is 23.7 Å². The second-order valence-corrected chi connectivity index (χ2v) is 6.93. The summed E-state index contributed by atoms with van der Waals surface area (Å²) in [6.45, 7) is 1.52. The quantitative estimate of drug-likeness (QED) is 0.429. The lowest BCUT2D eigenvalue weighted by Gasteiger charge is -1.97. The van der Waals surface area contributed by atoms with E-state index in [0.717, 1.165) is 16.0 Å². The van der Waals surface area contributed by atoms with Gasteiger partial charge in [-0.1, -0.05) is 53.6 Å². The summed E-state index contributed by atoms with van der Waals surface area (Å²) in [5, 5.41) is 0.0337. The molecule has 0 aromatic heterocycles. The minimum Gasteiger partial charge on any atom is -0.287 e. The first-order valence-corrected chi connectivity index (χ1v) is 9.09. The molecule has 3 aromatic rings. The maximum atomic E-state index is 14.3. The Kier molecular flexibility index (Phi) is 6.10. The Hall–Kier alpha value is -3.27. The third kappa shape index (κ3) is 5.61. The summed E-state index contributed by atoms with van der Waals surface area (Å²) in [5.41, 5.74) is 2.57. The van der Waals surface area contributed by atoms with E-state index in [-0.39, 0.29) is 5.12 Å². The fraction of sp³-hybridized carbons (Fsp3) is 0.0417. The molecule has 0 aliphatic rings. The number of carbonyl (C=O) groups is 1. The molecule has 0 heterocycles. The first-order valence-electron chi connectivity index (χ1n) is 8.27. The van der Waals surface area contributed by atoms with Crippen LogP contribution in [0.1, 0.15) is 29.2 Å². The van der Waals surface area contributed by atoms with Crippen molar-refractivity contribution in [2.75, 3.05) is 0 Å². The van der Waals surface area contributed by atoms with E-state index < -0.39 is 5.82 Å². The van der Waals surface area contributed by atoms with Gasteiger partial charge in [0.25, 0.3) is 0 Å². The van der Waals surface area contributed by atoms with Gasteiger partial charge in [0.1, 0.15) is 5.82 Å². The summed E-state index contributed by atoms with van der Waals surface area (Å²) in [5.74, 6) is 11.3. The van der Waals surface area contributed by atoms with Crippen molar-refractivity contribution in [2.45, 2.75) is 11.8 Å². The molecule has 0 atom stereocenters.